The minimum atomic E-state index is -0.232. The average molecular weight is 538 g/mol. The summed E-state index contributed by atoms with van der Waals surface area (Å²) in [5, 5.41) is 16.4. The lowest BCUT2D eigenvalue weighted by Crippen LogP contribution is -2.36. The molecule has 5 aromatic rings. The van der Waals surface area contributed by atoms with Gasteiger partial charge < -0.3 is 30.0 Å². The van der Waals surface area contributed by atoms with Gasteiger partial charge >= 0.3 is 0 Å². The van der Waals surface area contributed by atoms with Gasteiger partial charge in [0, 0.05) is 37.8 Å². The second-order valence-corrected chi connectivity index (χ2v) is 10.8. The number of fused-ring (bicyclic) bond motifs is 4. The van der Waals surface area contributed by atoms with E-state index in [0.29, 0.717) is 30.2 Å². The Labute approximate surface area is 231 Å². The summed E-state index contributed by atoms with van der Waals surface area (Å²) in [6.45, 7) is 2.73. The Morgan fingerprint density at radius 3 is 2.80 bits per heavy atom. The van der Waals surface area contributed by atoms with Gasteiger partial charge in [-0.05, 0) is 62.8 Å². The van der Waals surface area contributed by atoms with E-state index in [1.807, 2.05) is 56.7 Å². The van der Waals surface area contributed by atoms with Gasteiger partial charge in [0.25, 0.3) is 5.91 Å². The molecule has 0 saturated carbocycles. The second kappa shape index (κ2) is 9.65. The van der Waals surface area contributed by atoms with Crippen molar-refractivity contribution in [1.82, 2.24) is 24.6 Å². The molecule has 0 aliphatic carbocycles. The largest absolute Gasteiger partial charge is 0.463 e. The van der Waals surface area contributed by atoms with Gasteiger partial charge in [-0.25, -0.2) is 9.97 Å². The topological polar surface area (TPSA) is 111 Å². The molecule has 40 heavy (non-hydrogen) atoms. The fraction of sp³-hybridized carbons (Fsp3) is 0.300. The van der Waals surface area contributed by atoms with Crippen LogP contribution in [0.15, 0.2) is 59.3 Å². The Balaban J connectivity index is 1.26. The normalized spacial score (nSPS) is 15.8. The summed E-state index contributed by atoms with van der Waals surface area (Å²) in [4.78, 5) is 27.1. The highest BCUT2D eigenvalue weighted by Gasteiger charge is 2.28. The zero-order valence-corrected chi connectivity index (χ0v) is 22.5. The monoisotopic (exact) mass is 537 g/mol. The number of aliphatic hydroxyl groups is 1. The number of furan rings is 1. The molecule has 1 amide bonds. The number of amides is 1. The molecule has 10 heteroatoms. The summed E-state index contributed by atoms with van der Waals surface area (Å²) in [6.07, 6.45) is 4.81. The maximum absolute atomic E-state index is 13.1. The highest BCUT2D eigenvalue weighted by Crippen LogP contribution is 2.37. The van der Waals surface area contributed by atoms with Crippen molar-refractivity contribution in [3.8, 4) is 11.3 Å². The number of benzene rings is 1. The molecule has 1 aromatic carbocycles. The van der Waals surface area contributed by atoms with E-state index < -0.39 is 0 Å². The predicted molar refractivity (Wildman–Crippen MR) is 154 cm³/mol. The number of piperidine rings is 1. The molecule has 0 unspecified atom stereocenters. The summed E-state index contributed by atoms with van der Waals surface area (Å²) in [6, 6.07) is 13.8. The van der Waals surface area contributed by atoms with Gasteiger partial charge in [0.05, 0.1) is 52.4 Å². The minimum Gasteiger partial charge on any atom is -0.463 e. The molecule has 10 nitrogen and oxygen atoms in total. The number of hydrogen-bond acceptors (Lipinski definition) is 8. The number of nitrogens with zero attached hydrogens (tertiary/aromatic N) is 5. The number of rotatable bonds is 6. The van der Waals surface area contributed by atoms with E-state index in [9.17, 15) is 9.90 Å². The van der Waals surface area contributed by atoms with E-state index in [2.05, 4.69) is 35.9 Å². The van der Waals surface area contributed by atoms with Gasteiger partial charge in [0.1, 0.15) is 11.5 Å². The molecule has 204 valence electrons. The summed E-state index contributed by atoms with van der Waals surface area (Å²) >= 11 is 0. The van der Waals surface area contributed by atoms with Crippen molar-refractivity contribution < 1.29 is 14.3 Å². The van der Waals surface area contributed by atoms with Crippen LogP contribution >= 0.6 is 0 Å². The molecular formula is C30H31N7O3. The van der Waals surface area contributed by atoms with Crippen LogP contribution in [0.1, 0.15) is 34.5 Å². The Morgan fingerprint density at radius 2 is 1.98 bits per heavy atom. The molecule has 1 fully saturated rings. The number of aliphatic hydroxyl groups excluding tert-OH is 1. The third-order valence-electron chi connectivity index (χ3n) is 7.81. The minimum absolute atomic E-state index is 0.112. The molecule has 7 rings (SSSR count). The highest BCUT2D eigenvalue weighted by molar-refractivity contribution is 6.06. The molecule has 0 atom stereocenters. The third-order valence-corrected chi connectivity index (χ3v) is 7.81. The number of aromatic nitrogens is 3. The first-order valence-corrected chi connectivity index (χ1v) is 13.6. The zero-order valence-electron chi connectivity index (χ0n) is 22.5. The number of carbonyl (C=O) groups excluding carboxylic acids is 1. The van der Waals surface area contributed by atoms with Crippen LogP contribution in [0, 0.1) is 0 Å². The first-order chi connectivity index (χ1) is 19.5. The smallest absolute Gasteiger partial charge is 0.254 e. The fourth-order valence-electron chi connectivity index (χ4n) is 5.90. The van der Waals surface area contributed by atoms with Gasteiger partial charge in [0.2, 0.25) is 0 Å². The lowest BCUT2D eigenvalue weighted by molar-refractivity contribution is 0.0966. The predicted octanol–water partition coefficient (Wildman–Crippen LogP) is 4.15. The SMILES string of the molecule is CN(C)Cc1nc(Nc2ccc(-c3cnc4ccc5occc5n34)c3c2C(=O)NC3)ccc1N1CCC(O)CC1. The first-order valence-electron chi connectivity index (χ1n) is 13.6. The molecule has 4 aromatic heterocycles. The fourth-order valence-corrected chi connectivity index (χ4v) is 5.90. The van der Waals surface area contributed by atoms with Crippen LogP contribution in [-0.2, 0) is 13.1 Å². The highest BCUT2D eigenvalue weighted by atomic mass is 16.3. The number of pyridine rings is 2. The van der Waals surface area contributed by atoms with E-state index in [1.165, 1.54) is 0 Å². The van der Waals surface area contributed by atoms with Crippen molar-refractivity contribution in [1.29, 1.82) is 0 Å². The van der Waals surface area contributed by atoms with Crippen LogP contribution < -0.4 is 15.5 Å². The molecule has 0 radical (unpaired) electrons. The number of hydrogen-bond donors (Lipinski definition) is 3. The van der Waals surface area contributed by atoms with Gasteiger partial charge in [-0.15, -0.1) is 0 Å². The Bertz CT molecular complexity index is 1750. The van der Waals surface area contributed by atoms with Crippen molar-refractivity contribution in [3.63, 3.8) is 0 Å². The standard InChI is InChI=1S/C30H31N7O3/c1-35(2)17-22-23(36-12-9-18(38)10-13-36)5-7-27(34-22)33-21-4-3-19(20-15-32-30(39)29(20)21)25-16-31-28-8-6-26-24(37(25)28)11-14-40-26/h3-8,11,14,16,18,38H,9-10,12-13,15,17H2,1-2H3,(H,32,39)(H,33,34). The van der Waals surface area contributed by atoms with Crippen molar-refractivity contribution >= 4 is 39.8 Å². The van der Waals surface area contributed by atoms with E-state index >= 15 is 0 Å². The molecule has 2 aliphatic heterocycles. The van der Waals surface area contributed by atoms with E-state index in [0.717, 1.165) is 70.9 Å². The molecule has 2 aliphatic rings. The van der Waals surface area contributed by atoms with Crippen LogP contribution in [-0.4, -0.2) is 63.6 Å². The summed E-state index contributed by atoms with van der Waals surface area (Å²) < 4.78 is 7.68. The maximum Gasteiger partial charge on any atom is 0.254 e. The van der Waals surface area contributed by atoms with Gasteiger partial charge in [-0.2, -0.15) is 0 Å². The van der Waals surface area contributed by atoms with Crippen LogP contribution in [0.25, 0.3) is 28.0 Å². The van der Waals surface area contributed by atoms with Crippen molar-refractivity contribution in [2.75, 3.05) is 37.4 Å². The van der Waals surface area contributed by atoms with Gasteiger partial charge in [0.15, 0.2) is 5.58 Å². The molecule has 6 heterocycles. The van der Waals surface area contributed by atoms with Crippen LogP contribution in [0.2, 0.25) is 0 Å². The molecule has 1 saturated heterocycles. The average Bonchev–Trinajstić information content (AvgIpc) is 3.68. The van der Waals surface area contributed by atoms with E-state index in [-0.39, 0.29) is 12.0 Å². The summed E-state index contributed by atoms with van der Waals surface area (Å²) in [7, 11) is 4.05. The van der Waals surface area contributed by atoms with Crippen molar-refractivity contribution in [2.45, 2.75) is 32.0 Å². The Hall–Kier alpha value is -4.41. The quantitative estimate of drug-likeness (QED) is 0.296. The molecular weight excluding hydrogens is 506 g/mol. The molecule has 0 spiro atoms. The zero-order chi connectivity index (χ0) is 27.4. The first kappa shape index (κ1) is 24.6. The lowest BCUT2D eigenvalue weighted by atomic mass is 9.99. The van der Waals surface area contributed by atoms with Gasteiger partial charge in [-0.3, -0.25) is 9.20 Å². The van der Waals surface area contributed by atoms with Crippen molar-refractivity contribution in [3.05, 3.63) is 71.7 Å². The third kappa shape index (κ3) is 4.16. The van der Waals surface area contributed by atoms with E-state index in [1.54, 1.807) is 6.26 Å². The Kier molecular flexibility index (Phi) is 5.94. The van der Waals surface area contributed by atoms with Crippen LogP contribution in [0.5, 0.6) is 0 Å². The maximum atomic E-state index is 13.1. The number of anilines is 3. The Morgan fingerprint density at radius 1 is 1.12 bits per heavy atom. The van der Waals surface area contributed by atoms with Crippen LogP contribution in [0.4, 0.5) is 17.2 Å². The summed E-state index contributed by atoms with van der Waals surface area (Å²) in [5.74, 6) is 0.570. The van der Waals surface area contributed by atoms with Crippen molar-refractivity contribution in [2.24, 2.45) is 0 Å². The van der Waals surface area contributed by atoms with E-state index in [4.69, 9.17) is 9.40 Å². The molecule has 0 bridgehead atoms. The van der Waals surface area contributed by atoms with Gasteiger partial charge in [-0.1, -0.05) is 6.07 Å². The summed E-state index contributed by atoms with van der Waals surface area (Å²) in [5.41, 5.74) is 8.69. The number of carbonyl (C=O) groups is 1. The molecule has 3 N–H and O–H groups in total. The second-order valence-electron chi connectivity index (χ2n) is 10.8. The number of imidazole rings is 1. The number of nitrogens with one attached hydrogen (secondary N) is 2. The lowest BCUT2D eigenvalue weighted by Gasteiger charge is -2.33. The van der Waals surface area contributed by atoms with Crippen LogP contribution in [0.3, 0.4) is 0 Å².